The van der Waals surface area contributed by atoms with Gasteiger partial charge in [-0.05, 0) is 12.0 Å². The number of aromatic carboxylic acids is 1. The topological polar surface area (TPSA) is 133 Å². The van der Waals surface area contributed by atoms with E-state index in [1.807, 2.05) is 0 Å². The van der Waals surface area contributed by atoms with Crippen LogP contribution in [0.25, 0.3) is 0 Å². The fourth-order valence-electron chi connectivity index (χ4n) is 1.98. The maximum atomic E-state index is 11.3. The van der Waals surface area contributed by atoms with Gasteiger partial charge in [0.25, 0.3) is 0 Å². The number of thiophene rings is 1. The Kier molecular flexibility index (Phi) is 4.02. The molecule has 0 radical (unpaired) electrons. The van der Waals surface area contributed by atoms with Crippen LogP contribution in [-0.4, -0.2) is 46.4 Å². The lowest BCUT2D eigenvalue weighted by Gasteiger charge is -2.21. The maximum Gasteiger partial charge on any atom is 0.394 e. The van der Waals surface area contributed by atoms with Gasteiger partial charge in [-0.2, -0.15) is 0 Å². The molecule has 108 valence electrons. The van der Waals surface area contributed by atoms with Gasteiger partial charge in [-0.3, -0.25) is 4.79 Å². The summed E-state index contributed by atoms with van der Waals surface area (Å²) in [7, 11) is 0. The average Bonchev–Trinajstić information content (AvgIpc) is 2.76. The highest BCUT2D eigenvalue weighted by atomic mass is 32.1. The fraction of sp³-hybridized carbons (Fsp3) is 0.364. The van der Waals surface area contributed by atoms with Crippen molar-refractivity contribution < 1.29 is 34.4 Å². The van der Waals surface area contributed by atoms with Gasteiger partial charge in [0, 0.05) is 4.88 Å². The number of fused-ring (bicyclic) bond motifs is 1. The molecule has 0 bridgehead atoms. The van der Waals surface area contributed by atoms with Gasteiger partial charge in [0.1, 0.15) is 11.1 Å². The molecule has 1 aromatic rings. The zero-order valence-electron chi connectivity index (χ0n) is 10.1. The molecule has 2 heterocycles. The number of carboxylic acid groups (broad SMARTS) is 2. The number of aliphatic hydroxyl groups is 1. The molecular weight excluding hydrogens is 290 g/mol. The average molecular weight is 301 g/mol. The first-order chi connectivity index (χ1) is 9.45. The normalized spacial score (nSPS) is 17.4. The van der Waals surface area contributed by atoms with Crippen LogP contribution in [0.3, 0.4) is 0 Å². The number of aliphatic carboxylic acids is 1. The van der Waals surface area contributed by atoms with Crippen LogP contribution in [-0.2, 0) is 20.7 Å². The molecule has 8 nitrogen and oxygen atoms in total. The van der Waals surface area contributed by atoms with Crippen molar-refractivity contribution in [2.75, 3.05) is 18.5 Å². The Hall–Kier alpha value is -1.97. The standard InChI is InChI=1S/C11H11NO7S/c13-3-5-7-4(1-2-19-5)6(10(15)16)9(20-7)12-8(14)11(17)18/h5,13H,1-3H2,(H,12,14)(H,15,16)(H,17,18). The van der Waals surface area contributed by atoms with Crippen LogP contribution in [0.15, 0.2) is 0 Å². The summed E-state index contributed by atoms with van der Waals surface area (Å²) in [5.41, 5.74) is 0.329. The molecule has 4 N–H and O–H groups in total. The van der Waals surface area contributed by atoms with Gasteiger partial charge in [0.2, 0.25) is 0 Å². The molecule has 0 spiro atoms. The molecule has 2 rings (SSSR count). The molecule has 0 fully saturated rings. The van der Waals surface area contributed by atoms with Gasteiger partial charge in [-0.15, -0.1) is 11.3 Å². The SMILES string of the molecule is O=C(O)C(=O)Nc1sc2c(c1C(=O)O)CCOC2CO. The van der Waals surface area contributed by atoms with Crippen molar-refractivity contribution in [1.82, 2.24) is 0 Å². The first kappa shape index (κ1) is 14.4. The minimum atomic E-state index is -1.71. The van der Waals surface area contributed by atoms with Crippen LogP contribution in [0.1, 0.15) is 26.9 Å². The van der Waals surface area contributed by atoms with Gasteiger partial charge in [-0.25, -0.2) is 9.59 Å². The first-order valence-corrected chi connectivity index (χ1v) is 6.43. The van der Waals surface area contributed by atoms with Crippen LogP contribution in [0.5, 0.6) is 0 Å². The molecule has 20 heavy (non-hydrogen) atoms. The molecular formula is C11H11NO7S. The van der Waals surface area contributed by atoms with Gasteiger partial charge in [0.15, 0.2) is 0 Å². The Morgan fingerprint density at radius 1 is 1.35 bits per heavy atom. The van der Waals surface area contributed by atoms with E-state index in [-0.39, 0.29) is 23.8 Å². The van der Waals surface area contributed by atoms with E-state index in [1.54, 1.807) is 0 Å². The van der Waals surface area contributed by atoms with E-state index in [1.165, 1.54) is 0 Å². The number of hydrogen-bond donors (Lipinski definition) is 4. The van der Waals surface area contributed by atoms with Crippen LogP contribution in [0.4, 0.5) is 5.00 Å². The Balaban J connectivity index is 2.46. The predicted octanol–water partition coefficient (Wildman–Crippen LogP) is 0.0755. The van der Waals surface area contributed by atoms with Gasteiger partial charge in [0.05, 0.1) is 18.8 Å². The Bertz CT molecular complexity index is 580. The third kappa shape index (κ3) is 2.50. The number of amides is 1. The van der Waals surface area contributed by atoms with Gasteiger partial charge >= 0.3 is 17.8 Å². The highest BCUT2D eigenvalue weighted by molar-refractivity contribution is 7.17. The Morgan fingerprint density at radius 3 is 2.60 bits per heavy atom. The number of nitrogens with one attached hydrogen (secondary N) is 1. The fourth-order valence-corrected chi connectivity index (χ4v) is 3.25. The summed E-state index contributed by atoms with van der Waals surface area (Å²) in [6, 6.07) is 0. The first-order valence-electron chi connectivity index (χ1n) is 5.61. The summed E-state index contributed by atoms with van der Waals surface area (Å²) < 4.78 is 5.29. The number of hydrogen-bond acceptors (Lipinski definition) is 6. The van der Waals surface area contributed by atoms with Crippen molar-refractivity contribution in [1.29, 1.82) is 0 Å². The largest absolute Gasteiger partial charge is 0.478 e. The highest BCUT2D eigenvalue weighted by Crippen LogP contribution is 2.41. The number of ether oxygens (including phenoxy) is 1. The number of rotatable bonds is 3. The van der Waals surface area contributed by atoms with E-state index in [0.717, 1.165) is 11.3 Å². The van der Waals surface area contributed by atoms with E-state index >= 15 is 0 Å². The molecule has 0 aliphatic carbocycles. The molecule has 0 saturated carbocycles. The van der Waals surface area contributed by atoms with Crippen LogP contribution in [0.2, 0.25) is 0 Å². The van der Waals surface area contributed by atoms with Crippen molar-refractivity contribution in [3.63, 3.8) is 0 Å². The third-order valence-electron chi connectivity index (χ3n) is 2.80. The summed E-state index contributed by atoms with van der Waals surface area (Å²) in [6.45, 7) is -0.0690. The molecule has 1 aliphatic heterocycles. The van der Waals surface area contributed by atoms with E-state index in [2.05, 4.69) is 5.32 Å². The Labute approximate surface area is 116 Å². The molecule has 1 aromatic heterocycles. The second kappa shape index (κ2) is 5.57. The summed E-state index contributed by atoms with van der Waals surface area (Å²) in [5, 5.41) is 29.0. The second-order valence-corrected chi connectivity index (χ2v) is 5.06. The minimum Gasteiger partial charge on any atom is -0.478 e. The second-order valence-electron chi connectivity index (χ2n) is 4.01. The Morgan fingerprint density at radius 2 is 2.05 bits per heavy atom. The summed E-state index contributed by atoms with van der Waals surface area (Å²) in [5.74, 6) is -4.28. The molecule has 0 saturated heterocycles. The van der Waals surface area contributed by atoms with Gasteiger partial charge < -0.3 is 25.4 Å². The summed E-state index contributed by atoms with van der Waals surface area (Å²) in [6.07, 6.45) is -0.329. The van der Waals surface area contributed by atoms with E-state index in [4.69, 9.17) is 9.84 Å². The smallest absolute Gasteiger partial charge is 0.394 e. The van der Waals surface area contributed by atoms with Gasteiger partial charge in [-0.1, -0.05) is 0 Å². The summed E-state index contributed by atoms with van der Waals surface area (Å²) in [4.78, 5) is 33.5. The number of carboxylic acids is 2. The van der Waals surface area contributed by atoms with Crippen LogP contribution in [0, 0.1) is 0 Å². The van der Waals surface area contributed by atoms with Crippen molar-refractivity contribution in [3.05, 3.63) is 16.0 Å². The lowest BCUT2D eigenvalue weighted by Crippen LogP contribution is -2.22. The van der Waals surface area contributed by atoms with E-state index < -0.39 is 23.9 Å². The molecule has 1 aliphatic rings. The van der Waals surface area contributed by atoms with Crippen molar-refractivity contribution >= 4 is 34.2 Å². The predicted molar refractivity (Wildman–Crippen MR) is 67.0 cm³/mol. The van der Waals surface area contributed by atoms with Crippen LogP contribution < -0.4 is 5.32 Å². The highest BCUT2D eigenvalue weighted by Gasteiger charge is 2.31. The quantitative estimate of drug-likeness (QED) is 0.581. The molecule has 0 aromatic carbocycles. The van der Waals surface area contributed by atoms with E-state index in [9.17, 15) is 24.6 Å². The van der Waals surface area contributed by atoms with Crippen molar-refractivity contribution in [3.8, 4) is 0 Å². The maximum absolute atomic E-state index is 11.3. The van der Waals surface area contributed by atoms with Crippen molar-refractivity contribution in [2.24, 2.45) is 0 Å². The van der Waals surface area contributed by atoms with Crippen LogP contribution >= 0.6 is 11.3 Å². The molecule has 1 amide bonds. The molecule has 9 heteroatoms. The van der Waals surface area contributed by atoms with E-state index in [0.29, 0.717) is 16.9 Å². The zero-order chi connectivity index (χ0) is 14.9. The number of carbonyl (C=O) groups is 3. The van der Waals surface area contributed by atoms with Crippen molar-refractivity contribution in [2.45, 2.75) is 12.5 Å². The minimum absolute atomic E-state index is 0.0566. The number of anilines is 1. The number of carbonyl (C=O) groups excluding carboxylic acids is 1. The zero-order valence-corrected chi connectivity index (χ0v) is 10.9. The lowest BCUT2D eigenvalue weighted by molar-refractivity contribution is -0.147. The lowest BCUT2D eigenvalue weighted by atomic mass is 10.0. The molecule has 1 atom stereocenters. The number of aliphatic hydroxyl groups excluding tert-OH is 1. The third-order valence-corrected chi connectivity index (χ3v) is 4.04. The monoisotopic (exact) mass is 301 g/mol. The molecule has 1 unspecified atom stereocenters. The summed E-state index contributed by atoms with van der Waals surface area (Å²) >= 11 is 0.908.